The first-order valence-electron chi connectivity index (χ1n) is 10.2. The number of nitriles is 1. The van der Waals surface area contributed by atoms with Crippen LogP contribution < -0.4 is 10.6 Å². The highest BCUT2D eigenvalue weighted by Crippen LogP contribution is 2.33. The fourth-order valence-electron chi connectivity index (χ4n) is 2.86. The van der Waals surface area contributed by atoms with Crippen molar-refractivity contribution < 1.29 is 19.4 Å². The lowest BCUT2D eigenvalue weighted by Gasteiger charge is -2.11. The van der Waals surface area contributed by atoms with Crippen molar-refractivity contribution >= 4 is 45.5 Å². The summed E-state index contributed by atoms with van der Waals surface area (Å²) in [5.41, 5.74) is 3.92. The summed E-state index contributed by atoms with van der Waals surface area (Å²) in [6.45, 7) is 3.33. The Hall–Kier alpha value is -4.14. The van der Waals surface area contributed by atoms with Crippen molar-refractivity contribution in [2.45, 2.75) is 20.4 Å². The molecule has 1 amide bonds. The minimum absolute atomic E-state index is 0.0440. The highest BCUT2D eigenvalue weighted by atomic mass is 32.1. The van der Waals surface area contributed by atoms with Crippen molar-refractivity contribution in [2.24, 2.45) is 10.2 Å². The maximum atomic E-state index is 11.8. The van der Waals surface area contributed by atoms with Gasteiger partial charge in [0.1, 0.15) is 23.9 Å². The second-order valence-electron chi connectivity index (χ2n) is 7.08. The summed E-state index contributed by atoms with van der Waals surface area (Å²) in [4.78, 5) is 23.5. The molecule has 0 radical (unpaired) electrons. The molecule has 2 aromatic carbocycles. The summed E-state index contributed by atoms with van der Waals surface area (Å²) < 4.78 is 9.01. The number of esters is 1. The third-order valence-electron chi connectivity index (χ3n) is 4.52. The first-order chi connectivity index (χ1) is 16.4. The maximum Gasteiger partial charge on any atom is 0.338 e. The third-order valence-corrected chi connectivity index (χ3v) is 5.35. The number of azo groups is 1. The number of aromatic nitrogens is 1. The van der Waals surface area contributed by atoms with E-state index in [0.717, 1.165) is 22.8 Å². The van der Waals surface area contributed by atoms with E-state index in [1.54, 1.807) is 49.4 Å². The molecule has 0 bridgehead atoms. The molecule has 3 rings (SSSR count). The van der Waals surface area contributed by atoms with Crippen LogP contribution in [0.5, 0.6) is 0 Å². The Morgan fingerprint density at radius 2 is 1.97 bits per heavy atom. The highest BCUT2D eigenvalue weighted by Gasteiger charge is 2.11. The normalized spacial score (nSPS) is 10.6. The van der Waals surface area contributed by atoms with Gasteiger partial charge in [-0.2, -0.15) is 9.64 Å². The average molecular weight is 479 g/mol. The number of aryl methyl sites for hydroxylation is 1. The molecule has 1 heterocycles. The SMILES string of the molecule is CC(=O)Nc1cc(NCc2ccc(C(=O)OCCO)cc2)ccc1N=Nc1snc(C)c1C#N. The van der Waals surface area contributed by atoms with Gasteiger partial charge in [-0.15, -0.1) is 10.2 Å². The Balaban J connectivity index is 1.72. The van der Waals surface area contributed by atoms with Crippen molar-refractivity contribution in [1.29, 1.82) is 5.26 Å². The Bertz CT molecular complexity index is 1250. The number of aliphatic hydroxyl groups is 1. The van der Waals surface area contributed by atoms with Crippen LogP contribution in [0.4, 0.5) is 22.1 Å². The number of hydrogen-bond acceptors (Lipinski definition) is 10. The van der Waals surface area contributed by atoms with Gasteiger partial charge >= 0.3 is 5.97 Å². The van der Waals surface area contributed by atoms with Crippen LogP contribution in [0.15, 0.2) is 52.7 Å². The van der Waals surface area contributed by atoms with E-state index in [1.165, 1.54) is 6.92 Å². The van der Waals surface area contributed by atoms with Gasteiger partial charge in [0, 0.05) is 19.2 Å². The minimum atomic E-state index is -0.492. The van der Waals surface area contributed by atoms with E-state index in [0.29, 0.717) is 39.7 Å². The van der Waals surface area contributed by atoms with Crippen LogP contribution in [0, 0.1) is 18.3 Å². The van der Waals surface area contributed by atoms with Crippen molar-refractivity contribution in [3.8, 4) is 6.07 Å². The van der Waals surface area contributed by atoms with E-state index in [-0.39, 0.29) is 19.1 Å². The molecule has 0 saturated carbocycles. The van der Waals surface area contributed by atoms with Crippen LogP contribution in [0.2, 0.25) is 0 Å². The van der Waals surface area contributed by atoms with Gasteiger partial charge in [-0.3, -0.25) is 4.79 Å². The van der Waals surface area contributed by atoms with Gasteiger partial charge in [0.2, 0.25) is 5.91 Å². The number of carbonyl (C=O) groups excluding carboxylic acids is 2. The third kappa shape index (κ3) is 6.44. The summed E-state index contributed by atoms with van der Waals surface area (Å²) in [6.07, 6.45) is 0. The molecule has 0 aliphatic carbocycles. The molecular formula is C23H22N6O4S. The van der Waals surface area contributed by atoms with E-state index < -0.39 is 5.97 Å². The zero-order valence-electron chi connectivity index (χ0n) is 18.5. The predicted molar refractivity (Wildman–Crippen MR) is 128 cm³/mol. The van der Waals surface area contributed by atoms with Crippen LogP contribution in [0.25, 0.3) is 0 Å². The summed E-state index contributed by atoms with van der Waals surface area (Å²) >= 11 is 1.08. The van der Waals surface area contributed by atoms with Crippen molar-refractivity contribution in [2.75, 3.05) is 23.8 Å². The van der Waals surface area contributed by atoms with Gasteiger partial charge in [-0.05, 0) is 54.4 Å². The molecule has 10 nitrogen and oxygen atoms in total. The second kappa shape index (κ2) is 11.6. The molecule has 3 N–H and O–H groups in total. The van der Waals surface area contributed by atoms with Gasteiger partial charge in [0.25, 0.3) is 0 Å². The van der Waals surface area contributed by atoms with Gasteiger partial charge in [-0.1, -0.05) is 12.1 Å². The number of aliphatic hydroxyl groups excluding tert-OH is 1. The van der Waals surface area contributed by atoms with Crippen LogP contribution in [0.1, 0.15) is 34.1 Å². The number of nitrogens with one attached hydrogen (secondary N) is 2. The van der Waals surface area contributed by atoms with Gasteiger partial charge in [0.15, 0.2) is 5.00 Å². The van der Waals surface area contributed by atoms with Crippen LogP contribution >= 0.6 is 11.5 Å². The predicted octanol–water partition coefficient (Wildman–Crippen LogP) is 4.46. The van der Waals surface area contributed by atoms with E-state index in [1.807, 2.05) is 0 Å². The number of rotatable bonds is 9. The first-order valence-corrected chi connectivity index (χ1v) is 11.0. The van der Waals surface area contributed by atoms with Crippen LogP contribution in [-0.2, 0) is 16.1 Å². The number of nitrogens with zero attached hydrogens (tertiary/aromatic N) is 4. The Morgan fingerprint density at radius 1 is 1.21 bits per heavy atom. The number of carbonyl (C=O) groups is 2. The molecular weight excluding hydrogens is 456 g/mol. The summed E-state index contributed by atoms with van der Waals surface area (Å²) in [6, 6.07) is 14.2. The minimum Gasteiger partial charge on any atom is -0.460 e. The van der Waals surface area contributed by atoms with Crippen LogP contribution in [0.3, 0.4) is 0 Å². The number of ether oxygens (including phenoxy) is 1. The molecule has 0 fully saturated rings. The molecule has 0 unspecified atom stereocenters. The molecule has 0 aliphatic heterocycles. The van der Waals surface area contributed by atoms with E-state index in [2.05, 4.69) is 31.3 Å². The van der Waals surface area contributed by atoms with Crippen molar-refractivity contribution in [1.82, 2.24) is 4.37 Å². The number of amides is 1. The molecule has 0 spiro atoms. The lowest BCUT2D eigenvalue weighted by molar-refractivity contribution is -0.114. The second-order valence-corrected chi connectivity index (χ2v) is 7.83. The summed E-state index contributed by atoms with van der Waals surface area (Å²) in [5, 5.41) is 32.7. The quantitative estimate of drug-likeness (QED) is 0.304. The first kappa shape index (κ1) is 24.5. The zero-order valence-corrected chi connectivity index (χ0v) is 19.3. The highest BCUT2D eigenvalue weighted by molar-refractivity contribution is 7.10. The summed E-state index contributed by atoms with van der Waals surface area (Å²) in [5.74, 6) is -0.753. The topological polar surface area (TPSA) is 149 Å². The smallest absolute Gasteiger partial charge is 0.338 e. The lowest BCUT2D eigenvalue weighted by atomic mass is 10.1. The van der Waals surface area contributed by atoms with Crippen molar-refractivity contribution in [3.05, 3.63) is 64.8 Å². The largest absolute Gasteiger partial charge is 0.460 e. The molecule has 1 aromatic heterocycles. The van der Waals surface area contributed by atoms with E-state index in [4.69, 9.17) is 9.84 Å². The molecule has 0 atom stereocenters. The molecule has 174 valence electrons. The molecule has 11 heteroatoms. The standard InChI is InChI=1S/C23H22N6O4S/c1-14-19(12-24)22(34-29-14)28-27-20-8-7-18(11-21(20)26-15(2)31)25-13-16-3-5-17(6-4-16)23(32)33-10-9-30/h3-8,11,25,30H,9-10,13H2,1-2H3,(H,26,31). The lowest BCUT2D eigenvalue weighted by Crippen LogP contribution is -2.09. The van der Waals surface area contributed by atoms with E-state index >= 15 is 0 Å². The number of benzene rings is 2. The van der Waals surface area contributed by atoms with Gasteiger partial charge in [-0.25, -0.2) is 4.79 Å². The summed E-state index contributed by atoms with van der Waals surface area (Å²) in [7, 11) is 0. The van der Waals surface area contributed by atoms with E-state index in [9.17, 15) is 14.9 Å². The molecule has 0 aliphatic rings. The fraction of sp³-hybridized carbons (Fsp3) is 0.217. The number of anilines is 2. The molecule has 0 saturated heterocycles. The van der Waals surface area contributed by atoms with Crippen molar-refractivity contribution in [3.63, 3.8) is 0 Å². The Morgan fingerprint density at radius 3 is 2.65 bits per heavy atom. The molecule has 34 heavy (non-hydrogen) atoms. The number of hydrogen-bond donors (Lipinski definition) is 3. The van der Waals surface area contributed by atoms with Gasteiger partial charge < -0.3 is 20.5 Å². The zero-order chi connectivity index (χ0) is 24.5. The van der Waals surface area contributed by atoms with Crippen LogP contribution in [-0.4, -0.2) is 34.6 Å². The average Bonchev–Trinajstić information content (AvgIpc) is 3.19. The van der Waals surface area contributed by atoms with Gasteiger partial charge in [0.05, 0.1) is 23.6 Å². The molecule has 3 aromatic rings. The monoisotopic (exact) mass is 478 g/mol. The maximum absolute atomic E-state index is 11.8. The fourth-order valence-corrected chi connectivity index (χ4v) is 3.54. The Labute approximate surface area is 200 Å². The Kier molecular flexibility index (Phi) is 8.39.